The molecule has 1 amide bonds. The fourth-order valence-electron chi connectivity index (χ4n) is 3.81. The molecule has 4 rings (SSSR count). The van der Waals surface area contributed by atoms with E-state index in [2.05, 4.69) is 17.3 Å². The summed E-state index contributed by atoms with van der Waals surface area (Å²) in [4.78, 5) is 15.1. The first-order valence-corrected chi connectivity index (χ1v) is 10.6. The summed E-state index contributed by atoms with van der Waals surface area (Å²) in [7, 11) is -1.71. The minimum Gasteiger partial charge on any atom is -0.352 e. The summed E-state index contributed by atoms with van der Waals surface area (Å²) in [6.45, 7) is 1.66. The predicted octanol–water partition coefficient (Wildman–Crippen LogP) is 2.07. The van der Waals surface area contributed by atoms with E-state index in [-0.39, 0.29) is 23.4 Å². The van der Waals surface area contributed by atoms with E-state index in [1.165, 1.54) is 4.31 Å². The van der Waals surface area contributed by atoms with Gasteiger partial charge in [0.1, 0.15) is 6.54 Å². The van der Waals surface area contributed by atoms with Crippen molar-refractivity contribution in [3.8, 4) is 11.1 Å². The van der Waals surface area contributed by atoms with Gasteiger partial charge >= 0.3 is 0 Å². The highest BCUT2D eigenvalue weighted by Crippen LogP contribution is 2.42. The molecule has 0 unspecified atom stereocenters. The van der Waals surface area contributed by atoms with Crippen molar-refractivity contribution in [3.05, 3.63) is 48.5 Å². The molecule has 7 heteroatoms. The molecule has 2 aliphatic rings. The molecule has 2 aliphatic heterocycles. The minimum atomic E-state index is -3.78. The first kappa shape index (κ1) is 18.0. The lowest BCUT2D eigenvalue weighted by Gasteiger charge is -2.33. The van der Waals surface area contributed by atoms with Gasteiger partial charge in [-0.1, -0.05) is 36.4 Å². The lowest BCUT2D eigenvalue weighted by atomic mass is 10.0. The summed E-state index contributed by atoms with van der Waals surface area (Å²) in [5.74, 6) is -0.262. The molecule has 1 fully saturated rings. The third-order valence-electron chi connectivity index (χ3n) is 5.29. The van der Waals surface area contributed by atoms with Crippen LogP contribution in [0.1, 0.15) is 12.8 Å². The van der Waals surface area contributed by atoms with E-state index in [1.807, 2.05) is 24.3 Å². The summed E-state index contributed by atoms with van der Waals surface area (Å²) in [6, 6.07) is 14.4. The molecule has 0 radical (unpaired) electrons. The highest BCUT2D eigenvalue weighted by molar-refractivity contribution is 7.93. The normalized spacial score (nSPS) is 19.2. The molecule has 27 heavy (non-hydrogen) atoms. The fraction of sp³-hybridized carbons (Fsp3) is 0.350. The third-order valence-corrected chi connectivity index (χ3v) is 7.11. The van der Waals surface area contributed by atoms with Crippen LogP contribution >= 0.6 is 0 Å². The van der Waals surface area contributed by atoms with Gasteiger partial charge in [0.05, 0.1) is 10.6 Å². The predicted molar refractivity (Wildman–Crippen MR) is 105 cm³/mol. The van der Waals surface area contributed by atoms with Crippen LogP contribution in [0.2, 0.25) is 0 Å². The molecule has 1 N–H and O–H groups in total. The lowest BCUT2D eigenvalue weighted by Crippen LogP contribution is -2.48. The zero-order valence-corrected chi connectivity index (χ0v) is 16.1. The highest BCUT2D eigenvalue weighted by atomic mass is 32.2. The molecule has 2 aromatic carbocycles. The van der Waals surface area contributed by atoms with Gasteiger partial charge in [0.2, 0.25) is 5.91 Å². The number of fused-ring (bicyclic) bond motifs is 3. The smallest absolute Gasteiger partial charge is 0.265 e. The Balaban J connectivity index is 1.62. The van der Waals surface area contributed by atoms with Crippen LogP contribution in [-0.2, 0) is 14.8 Å². The molecule has 0 bridgehead atoms. The SMILES string of the molecule is CN1CCC(NC(=O)CN2c3ccccc3-c3ccccc3S2(=O)=O)CC1. The van der Waals surface area contributed by atoms with Crippen molar-refractivity contribution in [2.24, 2.45) is 0 Å². The van der Waals surface area contributed by atoms with Crippen molar-refractivity contribution in [2.75, 3.05) is 31.0 Å². The maximum Gasteiger partial charge on any atom is 0.265 e. The van der Waals surface area contributed by atoms with E-state index < -0.39 is 10.0 Å². The number of hydrogen-bond acceptors (Lipinski definition) is 4. The van der Waals surface area contributed by atoms with Gasteiger partial charge in [0, 0.05) is 17.2 Å². The van der Waals surface area contributed by atoms with Gasteiger partial charge in [0.15, 0.2) is 0 Å². The fourth-order valence-corrected chi connectivity index (χ4v) is 5.46. The van der Waals surface area contributed by atoms with Crippen LogP contribution < -0.4 is 9.62 Å². The van der Waals surface area contributed by atoms with Crippen molar-refractivity contribution >= 4 is 21.6 Å². The molecule has 2 aromatic rings. The lowest BCUT2D eigenvalue weighted by molar-refractivity contribution is -0.120. The Hall–Kier alpha value is -2.38. The quantitative estimate of drug-likeness (QED) is 0.878. The number of rotatable bonds is 3. The van der Waals surface area contributed by atoms with E-state index in [0.29, 0.717) is 11.3 Å². The molecular formula is C20H23N3O3S. The van der Waals surface area contributed by atoms with Crippen molar-refractivity contribution < 1.29 is 13.2 Å². The van der Waals surface area contributed by atoms with Crippen LogP contribution in [0.3, 0.4) is 0 Å². The molecule has 0 saturated carbocycles. The van der Waals surface area contributed by atoms with Crippen molar-refractivity contribution in [1.29, 1.82) is 0 Å². The van der Waals surface area contributed by atoms with Gasteiger partial charge in [-0.3, -0.25) is 9.10 Å². The first-order valence-electron chi connectivity index (χ1n) is 9.16. The van der Waals surface area contributed by atoms with Crippen molar-refractivity contribution in [1.82, 2.24) is 10.2 Å². The monoisotopic (exact) mass is 385 g/mol. The molecule has 6 nitrogen and oxygen atoms in total. The number of benzene rings is 2. The van der Waals surface area contributed by atoms with E-state index in [4.69, 9.17) is 0 Å². The average Bonchev–Trinajstić information content (AvgIpc) is 2.67. The molecule has 0 aromatic heterocycles. The zero-order valence-electron chi connectivity index (χ0n) is 15.3. The maximum atomic E-state index is 13.2. The highest BCUT2D eigenvalue weighted by Gasteiger charge is 2.35. The van der Waals surface area contributed by atoms with E-state index in [0.717, 1.165) is 31.5 Å². The number of anilines is 1. The Morgan fingerprint density at radius 2 is 1.67 bits per heavy atom. The standard InChI is InChI=1S/C20H23N3O3S/c1-22-12-10-15(11-13-22)21-20(24)14-23-18-8-4-2-6-16(18)17-7-3-5-9-19(17)27(23,25)26/h2-9,15H,10-14H2,1H3,(H,21,24). The van der Waals surface area contributed by atoms with Gasteiger partial charge in [0.25, 0.3) is 10.0 Å². The van der Waals surface area contributed by atoms with E-state index in [9.17, 15) is 13.2 Å². The second-order valence-electron chi connectivity index (χ2n) is 7.17. The Labute approximate surface area is 159 Å². The second kappa shape index (κ2) is 6.98. The molecule has 1 saturated heterocycles. The zero-order chi connectivity index (χ0) is 19.0. The molecule has 0 spiro atoms. The van der Waals surface area contributed by atoms with Crippen molar-refractivity contribution in [3.63, 3.8) is 0 Å². The molecule has 0 aliphatic carbocycles. The molecule has 2 heterocycles. The number of carbonyl (C=O) groups excluding carboxylic acids is 1. The average molecular weight is 385 g/mol. The number of hydrogen-bond donors (Lipinski definition) is 1. The Morgan fingerprint density at radius 3 is 2.41 bits per heavy atom. The Kier molecular flexibility index (Phi) is 4.65. The van der Waals surface area contributed by atoms with Gasteiger partial charge < -0.3 is 10.2 Å². The summed E-state index contributed by atoms with van der Waals surface area (Å²) in [5, 5.41) is 3.01. The van der Waals surface area contributed by atoms with Crippen LogP contribution in [0.4, 0.5) is 5.69 Å². The first-order chi connectivity index (χ1) is 13.0. The van der Waals surface area contributed by atoms with Crippen LogP contribution in [0.5, 0.6) is 0 Å². The minimum absolute atomic E-state index is 0.101. The largest absolute Gasteiger partial charge is 0.352 e. The Morgan fingerprint density at radius 1 is 1.04 bits per heavy atom. The maximum absolute atomic E-state index is 13.2. The van der Waals surface area contributed by atoms with E-state index >= 15 is 0 Å². The number of nitrogens with one attached hydrogen (secondary N) is 1. The summed E-state index contributed by atoms with van der Waals surface area (Å²) >= 11 is 0. The number of sulfonamides is 1. The number of piperidine rings is 1. The number of carbonyl (C=O) groups is 1. The number of amides is 1. The number of likely N-dealkylation sites (tertiary alicyclic amines) is 1. The Bertz CT molecular complexity index is 966. The molecule has 0 atom stereocenters. The summed E-state index contributed by atoms with van der Waals surface area (Å²) in [6.07, 6.45) is 1.77. The number of para-hydroxylation sites is 1. The molecule has 142 valence electrons. The van der Waals surface area contributed by atoms with Gasteiger partial charge in [-0.15, -0.1) is 0 Å². The van der Waals surface area contributed by atoms with E-state index in [1.54, 1.807) is 24.3 Å². The summed E-state index contributed by atoms with van der Waals surface area (Å²) < 4.78 is 27.6. The van der Waals surface area contributed by atoms with Crippen LogP contribution in [-0.4, -0.2) is 51.9 Å². The topological polar surface area (TPSA) is 69.7 Å². The van der Waals surface area contributed by atoms with Gasteiger partial charge in [-0.2, -0.15) is 0 Å². The van der Waals surface area contributed by atoms with Crippen molar-refractivity contribution in [2.45, 2.75) is 23.8 Å². The van der Waals surface area contributed by atoms with Crippen LogP contribution in [0.15, 0.2) is 53.4 Å². The molecular weight excluding hydrogens is 362 g/mol. The van der Waals surface area contributed by atoms with Crippen LogP contribution in [0, 0.1) is 0 Å². The van der Waals surface area contributed by atoms with Gasteiger partial charge in [-0.25, -0.2) is 8.42 Å². The second-order valence-corrected chi connectivity index (χ2v) is 9.00. The van der Waals surface area contributed by atoms with Gasteiger partial charge in [-0.05, 0) is 45.1 Å². The van der Waals surface area contributed by atoms with Crippen LogP contribution in [0.25, 0.3) is 11.1 Å². The number of nitrogens with zero attached hydrogens (tertiary/aromatic N) is 2. The third kappa shape index (κ3) is 3.33. The summed E-state index contributed by atoms with van der Waals surface area (Å²) in [5.41, 5.74) is 2.06.